The van der Waals surface area contributed by atoms with Gasteiger partial charge in [0.15, 0.2) is 0 Å². The molecule has 0 atom stereocenters. The van der Waals surface area contributed by atoms with E-state index in [-0.39, 0.29) is 0 Å². The number of aromatic nitrogens is 1. The van der Waals surface area contributed by atoms with Crippen molar-refractivity contribution in [2.24, 2.45) is 0 Å². The molecule has 1 aromatic carbocycles. The van der Waals surface area contributed by atoms with E-state index in [0.29, 0.717) is 5.92 Å². The minimum absolute atomic E-state index is 0.519. The zero-order valence-electron chi connectivity index (χ0n) is 12.5. The molecule has 0 amide bonds. The summed E-state index contributed by atoms with van der Waals surface area (Å²) in [5, 5.41) is 4.47. The zero-order valence-corrected chi connectivity index (χ0v) is 12.5. The highest BCUT2D eigenvalue weighted by Crippen LogP contribution is 2.25. The van der Waals surface area contributed by atoms with Gasteiger partial charge < -0.3 is 5.32 Å². The lowest BCUT2D eigenvalue weighted by Gasteiger charge is -2.12. The van der Waals surface area contributed by atoms with Crippen LogP contribution < -0.4 is 5.32 Å². The van der Waals surface area contributed by atoms with Crippen LogP contribution in [0.1, 0.15) is 43.0 Å². The van der Waals surface area contributed by atoms with E-state index in [4.69, 9.17) is 4.98 Å². The van der Waals surface area contributed by atoms with Gasteiger partial charge >= 0.3 is 0 Å². The van der Waals surface area contributed by atoms with Crippen molar-refractivity contribution >= 4 is 10.9 Å². The summed E-state index contributed by atoms with van der Waals surface area (Å²) < 4.78 is 0. The van der Waals surface area contributed by atoms with Gasteiger partial charge in [0.25, 0.3) is 0 Å². The molecule has 1 aromatic heterocycles. The van der Waals surface area contributed by atoms with Crippen LogP contribution in [0.3, 0.4) is 0 Å². The third-order valence-corrected chi connectivity index (χ3v) is 3.67. The lowest BCUT2D eigenvalue weighted by molar-refractivity contribution is 0.721. The molecule has 0 aliphatic heterocycles. The topological polar surface area (TPSA) is 24.9 Å². The highest BCUT2D eigenvalue weighted by Gasteiger charge is 2.09. The van der Waals surface area contributed by atoms with Gasteiger partial charge in [-0.25, -0.2) is 0 Å². The van der Waals surface area contributed by atoms with Crippen molar-refractivity contribution in [3.05, 3.63) is 41.1 Å². The summed E-state index contributed by atoms with van der Waals surface area (Å²) in [4.78, 5) is 4.86. The molecule has 0 spiro atoms. The first kappa shape index (κ1) is 14.0. The standard InChI is InChI=1S/C17H24N2/c1-12(2)16-9-5-7-15-11-14(8-6-10-18-4)13(3)19-17(15)16/h5,7,9,11-12,18H,6,8,10H2,1-4H3. The number of nitrogens with one attached hydrogen (secondary N) is 1. The molecule has 0 aliphatic rings. The van der Waals surface area contributed by atoms with E-state index in [1.54, 1.807) is 0 Å². The average Bonchev–Trinajstić information content (AvgIpc) is 2.38. The van der Waals surface area contributed by atoms with Gasteiger partial charge in [0.2, 0.25) is 0 Å². The second kappa shape index (κ2) is 6.16. The van der Waals surface area contributed by atoms with Crippen LogP contribution in [0.2, 0.25) is 0 Å². The van der Waals surface area contributed by atoms with Crippen LogP contribution in [-0.2, 0) is 6.42 Å². The first-order chi connectivity index (χ1) is 9.13. The van der Waals surface area contributed by atoms with Crippen molar-refractivity contribution in [1.82, 2.24) is 10.3 Å². The number of hydrogen-bond donors (Lipinski definition) is 1. The van der Waals surface area contributed by atoms with Crippen molar-refractivity contribution in [2.75, 3.05) is 13.6 Å². The van der Waals surface area contributed by atoms with Gasteiger partial charge in [-0.05, 0) is 56.5 Å². The molecule has 0 fully saturated rings. The maximum atomic E-state index is 4.86. The third kappa shape index (κ3) is 3.13. The molecule has 1 heterocycles. The van der Waals surface area contributed by atoms with Crippen molar-refractivity contribution in [3.63, 3.8) is 0 Å². The van der Waals surface area contributed by atoms with Gasteiger partial charge in [-0.2, -0.15) is 0 Å². The summed E-state index contributed by atoms with van der Waals surface area (Å²) in [6.07, 6.45) is 2.26. The maximum absolute atomic E-state index is 4.86. The molecule has 2 heteroatoms. The largest absolute Gasteiger partial charge is 0.320 e. The van der Waals surface area contributed by atoms with Crippen LogP contribution in [0.25, 0.3) is 10.9 Å². The van der Waals surface area contributed by atoms with Crippen LogP contribution in [0.15, 0.2) is 24.3 Å². The Balaban J connectivity index is 2.40. The maximum Gasteiger partial charge on any atom is 0.0739 e. The second-order valence-corrected chi connectivity index (χ2v) is 5.51. The van der Waals surface area contributed by atoms with Crippen molar-refractivity contribution in [3.8, 4) is 0 Å². The van der Waals surface area contributed by atoms with Crippen LogP contribution in [0.4, 0.5) is 0 Å². The lowest BCUT2D eigenvalue weighted by Crippen LogP contribution is -2.09. The molecule has 0 radical (unpaired) electrons. The summed E-state index contributed by atoms with van der Waals surface area (Å²) in [7, 11) is 2.00. The van der Waals surface area contributed by atoms with Gasteiger partial charge in [0.05, 0.1) is 5.52 Å². The number of hydrogen-bond acceptors (Lipinski definition) is 2. The highest BCUT2D eigenvalue weighted by molar-refractivity contribution is 5.83. The number of para-hydroxylation sites is 1. The minimum atomic E-state index is 0.519. The Labute approximate surface area is 116 Å². The van der Waals surface area contributed by atoms with Gasteiger partial charge in [-0.3, -0.25) is 4.98 Å². The number of benzene rings is 1. The van der Waals surface area contributed by atoms with Crippen molar-refractivity contribution in [1.29, 1.82) is 0 Å². The van der Waals surface area contributed by atoms with Crippen LogP contribution in [0, 0.1) is 6.92 Å². The molecule has 0 aliphatic carbocycles. The molecular formula is C17H24N2. The molecule has 19 heavy (non-hydrogen) atoms. The van der Waals surface area contributed by atoms with Crippen molar-refractivity contribution < 1.29 is 0 Å². The minimum Gasteiger partial charge on any atom is -0.320 e. The average molecular weight is 256 g/mol. The summed E-state index contributed by atoms with van der Waals surface area (Å²) in [6, 6.07) is 8.83. The Hall–Kier alpha value is -1.41. The Morgan fingerprint density at radius 3 is 2.74 bits per heavy atom. The summed E-state index contributed by atoms with van der Waals surface area (Å²) in [6.45, 7) is 7.65. The molecule has 0 saturated heterocycles. The van der Waals surface area contributed by atoms with E-state index >= 15 is 0 Å². The summed E-state index contributed by atoms with van der Waals surface area (Å²) in [5.74, 6) is 0.519. The third-order valence-electron chi connectivity index (χ3n) is 3.67. The summed E-state index contributed by atoms with van der Waals surface area (Å²) >= 11 is 0. The van der Waals surface area contributed by atoms with E-state index in [2.05, 4.69) is 50.4 Å². The molecule has 2 rings (SSSR count). The van der Waals surface area contributed by atoms with E-state index in [9.17, 15) is 0 Å². The molecule has 102 valence electrons. The van der Waals surface area contributed by atoms with E-state index in [1.807, 2.05) is 7.05 Å². The number of aryl methyl sites for hydroxylation is 2. The monoisotopic (exact) mass is 256 g/mol. The van der Waals surface area contributed by atoms with Gasteiger partial charge in [0, 0.05) is 11.1 Å². The molecular weight excluding hydrogens is 232 g/mol. The second-order valence-electron chi connectivity index (χ2n) is 5.51. The fraction of sp³-hybridized carbons (Fsp3) is 0.471. The molecule has 0 unspecified atom stereocenters. The molecule has 0 saturated carbocycles. The predicted molar refractivity (Wildman–Crippen MR) is 82.8 cm³/mol. The highest BCUT2D eigenvalue weighted by atomic mass is 14.8. The van der Waals surface area contributed by atoms with Crippen molar-refractivity contribution in [2.45, 2.75) is 39.5 Å². The van der Waals surface area contributed by atoms with Crippen LogP contribution in [-0.4, -0.2) is 18.6 Å². The first-order valence-corrected chi connectivity index (χ1v) is 7.17. The number of nitrogens with zero attached hydrogens (tertiary/aromatic N) is 1. The SMILES string of the molecule is CNCCCc1cc2cccc(C(C)C)c2nc1C. The quantitative estimate of drug-likeness (QED) is 0.823. The van der Waals surface area contributed by atoms with Crippen LogP contribution in [0.5, 0.6) is 0 Å². The normalized spacial score (nSPS) is 11.4. The van der Waals surface area contributed by atoms with Gasteiger partial charge in [-0.15, -0.1) is 0 Å². The van der Waals surface area contributed by atoms with Crippen LogP contribution >= 0.6 is 0 Å². The molecule has 2 nitrogen and oxygen atoms in total. The predicted octanol–water partition coefficient (Wildman–Crippen LogP) is 3.82. The summed E-state index contributed by atoms with van der Waals surface area (Å²) in [5.41, 5.74) is 5.08. The van der Waals surface area contributed by atoms with E-state index < -0.39 is 0 Å². The zero-order chi connectivity index (χ0) is 13.8. The number of fused-ring (bicyclic) bond motifs is 1. The van der Waals surface area contributed by atoms with E-state index in [1.165, 1.54) is 27.7 Å². The number of rotatable bonds is 5. The Morgan fingerprint density at radius 2 is 2.05 bits per heavy atom. The van der Waals surface area contributed by atoms with Gasteiger partial charge in [-0.1, -0.05) is 32.0 Å². The number of pyridine rings is 1. The molecule has 2 aromatic rings. The Bertz CT molecular complexity index is 558. The fourth-order valence-electron chi connectivity index (χ4n) is 2.53. The first-order valence-electron chi connectivity index (χ1n) is 7.17. The Kier molecular flexibility index (Phi) is 4.54. The molecule has 0 bridgehead atoms. The Morgan fingerprint density at radius 1 is 1.26 bits per heavy atom. The lowest BCUT2D eigenvalue weighted by atomic mass is 9.97. The molecule has 1 N–H and O–H groups in total. The smallest absolute Gasteiger partial charge is 0.0739 e. The van der Waals surface area contributed by atoms with Gasteiger partial charge in [0.1, 0.15) is 0 Å². The van der Waals surface area contributed by atoms with E-state index in [0.717, 1.165) is 19.4 Å². The fourth-order valence-corrected chi connectivity index (χ4v) is 2.53.